The van der Waals surface area contributed by atoms with Crippen molar-refractivity contribution in [2.45, 2.75) is 206 Å². The zero-order valence-corrected chi connectivity index (χ0v) is 42.0. The summed E-state index contributed by atoms with van der Waals surface area (Å²) in [5, 5.41) is 0. The van der Waals surface area contributed by atoms with Crippen LogP contribution < -0.4 is 4.89 Å². The third kappa shape index (κ3) is 20.0. The molecule has 0 radical (unpaired) electrons. The molecular formula is C42H62F26NO6P. The third-order valence-corrected chi connectivity index (χ3v) is 12.5. The highest BCUT2D eigenvalue weighted by Gasteiger charge is 2.92. The maximum absolute atomic E-state index is 14.0. The molecule has 2 unspecified atom stereocenters. The molecule has 0 fully saturated rings. The molecule has 0 amide bonds. The molecule has 0 N–H and O–H groups in total. The quantitative estimate of drug-likeness (QED) is 0.0262. The maximum atomic E-state index is 14.0. The van der Waals surface area contributed by atoms with Gasteiger partial charge in [0.05, 0.1) is 34.4 Å². The molecule has 0 saturated carbocycles. The smallest absolute Gasteiger partial charge is 0.460 e. The predicted octanol–water partition coefficient (Wildman–Crippen LogP) is 15.9. The summed E-state index contributed by atoms with van der Waals surface area (Å²) in [7, 11) is 0.522. The van der Waals surface area contributed by atoms with E-state index in [1.165, 1.54) is 0 Å². The number of phosphoric ester groups is 1. The van der Waals surface area contributed by atoms with E-state index in [4.69, 9.17) is 18.5 Å². The van der Waals surface area contributed by atoms with Gasteiger partial charge in [0.15, 0.2) is 0 Å². The number of likely N-dealkylation sites (N-methyl/N-ethyl adjacent to an activating group) is 1. The lowest BCUT2D eigenvalue weighted by atomic mass is 9.91. The Morgan fingerprint density at radius 1 is 0.368 bits per heavy atom. The molecule has 7 nitrogen and oxygen atoms in total. The molecule has 0 aliphatic heterocycles. The van der Waals surface area contributed by atoms with Gasteiger partial charge in [0.2, 0.25) is 0 Å². The number of hydrogen-bond donors (Lipinski definition) is 0. The van der Waals surface area contributed by atoms with Gasteiger partial charge in [0.25, 0.3) is 7.82 Å². The molecule has 0 aliphatic rings. The summed E-state index contributed by atoms with van der Waals surface area (Å²) in [4.78, 5) is 12.3. The molecule has 0 saturated heterocycles. The number of hydrogen-bond acceptors (Lipinski definition) is 6. The number of nitrogens with zero attached hydrogens (tertiary/aromatic N) is 1. The highest BCUT2D eigenvalue weighted by Crippen LogP contribution is 2.62. The van der Waals surface area contributed by atoms with E-state index in [0.29, 0.717) is 75.2 Å². The molecule has 0 aromatic carbocycles. The van der Waals surface area contributed by atoms with Crippen LogP contribution in [0.3, 0.4) is 0 Å². The predicted molar refractivity (Wildman–Crippen MR) is 217 cm³/mol. The van der Waals surface area contributed by atoms with E-state index in [1.807, 2.05) is 0 Å². The first-order valence-corrected chi connectivity index (χ1v) is 25.0. The van der Waals surface area contributed by atoms with Crippen LogP contribution in [-0.2, 0) is 23.1 Å². The van der Waals surface area contributed by atoms with E-state index in [1.54, 1.807) is 21.1 Å². The van der Waals surface area contributed by atoms with Crippen LogP contribution in [-0.4, -0.2) is 143 Å². The fourth-order valence-electron chi connectivity index (χ4n) is 6.64. The minimum atomic E-state index is -7.95. The van der Waals surface area contributed by atoms with Gasteiger partial charge in [-0.25, -0.2) is 0 Å². The van der Waals surface area contributed by atoms with Crippen LogP contribution in [0.15, 0.2) is 0 Å². The van der Waals surface area contributed by atoms with Crippen LogP contribution in [0.5, 0.6) is 0 Å². The Balaban J connectivity index is 4.81. The molecule has 0 aliphatic carbocycles. The number of unbranched alkanes of at least 4 members (excludes halogenated alkanes) is 16. The lowest BCUT2D eigenvalue weighted by molar-refractivity contribution is -0.870. The van der Waals surface area contributed by atoms with Gasteiger partial charge >= 0.3 is 71.6 Å². The van der Waals surface area contributed by atoms with Crippen LogP contribution >= 0.6 is 7.82 Å². The van der Waals surface area contributed by atoms with Crippen molar-refractivity contribution < 1.29 is 147 Å². The monoisotopic (exact) mass is 1200 g/mol. The van der Waals surface area contributed by atoms with Crippen LogP contribution in [0.25, 0.3) is 0 Å². The van der Waals surface area contributed by atoms with E-state index in [9.17, 15) is 124 Å². The van der Waals surface area contributed by atoms with Gasteiger partial charge in [0.1, 0.15) is 19.3 Å². The average Bonchev–Trinajstić information content (AvgIpc) is 3.25. The van der Waals surface area contributed by atoms with Crippen molar-refractivity contribution >= 4 is 7.82 Å². The Hall–Kier alpha value is -1.83. The summed E-state index contributed by atoms with van der Waals surface area (Å²) in [6, 6.07) is 0. The first-order valence-electron chi connectivity index (χ1n) is 23.5. The topological polar surface area (TPSA) is 77.1 Å². The number of halogens is 26. The van der Waals surface area contributed by atoms with Crippen molar-refractivity contribution in [3.05, 3.63) is 0 Å². The van der Waals surface area contributed by atoms with E-state index < -0.39 is 118 Å². The van der Waals surface area contributed by atoms with Gasteiger partial charge in [-0.05, 0) is 25.7 Å². The molecule has 458 valence electrons. The van der Waals surface area contributed by atoms with Gasteiger partial charge in [-0.15, -0.1) is 0 Å². The highest BCUT2D eigenvalue weighted by atomic mass is 31.2. The zero-order valence-electron chi connectivity index (χ0n) is 41.1. The SMILES string of the molecule is C[N+](C)(C)CCOP(=O)([O-])OCC(COCCCCCCCCCCCC(F)(F)C(F)(F)C(F)(F)C(F)(F)C(F)(F)C(F)(F)F)OCCCCCCCCCCCC(F)(F)C(F)(F)C(F)(F)C(F)(F)C(F)(F)C(F)(F)F. The summed E-state index contributed by atoms with van der Waals surface area (Å²) < 4.78 is 379. The van der Waals surface area contributed by atoms with E-state index in [2.05, 4.69) is 0 Å². The van der Waals surface area contributed by atoms with Crippen molar-refractivity contribution in [2.24, 2.45) is 0 Å². The molecule has 0 aromatic rings. The van der Waals surface area contributed by atoms with E-state index in [0.717, 1.165) is 0 Å². The van der Waals surface area contributed by atoms with Crippen LogP contribution in [0.2, 0.25) is 0 Å². The first kappa shape index (κ1) is 74.2. The number of phosphoric acid groups is 1. The van der Waals surface area contributed by atoms with Crippen molar-refractivity contribution in [1.82, 2.24) is 0 Å². The third-order valence-electron chi connectivity index (χ3n) is 11.5. The first-order chi connectivity index (χ1) is 34.0. The average molecular weight is 1200 g/mol. The Kier molecular flexibility index (Phi) is 28.0. The summed E-state index contributed by atoms with van der Waals surface area (Å²) >= 11 is 0. The van der Waals surface area contributed by atoms with E-state index in [-0.39, 0.29) is 65.0 Å². The number of rotatable bonds is 42. The second-order valence-corrected chi connectivity index (χ2v) is 20.4. The lowest BCUT2D eigenvalue weighted by Crippen LogP contribution is -2.70. The minimum Gasteiger partial charge on any atom is -0.756 e. The second-order valence-electron chi connectivity index (χ2n) is 19.0. The van der Waals surface area contributed by atoms with Crippen LogP contribution in [0, 0.1) is 0 Å². The molecule has 0 spiro atoms. The van der Waals surface area contributed by atoms with Crippen LogP contribution in [0.1, 0.15) is 128 Å². The summed E-state index contributed by atoms with van der Waals surface area (Å²) in [6.07, 6.45) is -17.7. The largest absolute Gasteiger partial charge is 0.756 e. The molecular weight excluding hydrogens is 1140 g/mol. The molecule has 0 aromatic heterocycles. The Bertz CT molecular complexity index is 1710. The van der Waals surface area contributed by atoms with Gasteiger partial charge < -0.3 is 27.9 Å². The van der Waals surface area contributed by atoms with Crippen molar-refractivity contribution in [3.63, 3.8) is 0 Å². The van der Waals surface area contributed by atoms with Gasteiger partial charge in [-0.3, -0.25) is 4.57 Å². The Morgan fingerprint density at radius 2 is 0.658 bits per heavy atom. The lowest BCUT2D eigenvalue weighted by Gasteiger charge is -2.39. The molecule has 0 heterocycles. The number of quaternary nitrogens is 1. The van der Waals surface area contributed by atoms with Crippen LogP contribution in [0.4, 0.5) is 114 Å². The van der Waals surface area contributed by atoms with Gasteiger partial charge in [0, 0.05) is 26.1 Å². The van der Waals surface area contributed by atoms with Gasteiger partial charge in [-0.2, -0.15) is 114 Å². The minimum absolute atomic E-state index is 0.0233. The molecule has 2 atom stereocenters. The van der Waals surface area contributed by atoms with E-state index >= 15 is 0 Å². The fourth-order valence-corrected chi connectivity index (χ4v) is 7.37. The van der Waals surface area contributed by atoms with Crippen molar-refractivity contribution in [1.29, 1.82) is 0 Å². The summed E-state index contributed by atoms with van der Waals surface area (Å²) in [5.41, 5.74) is 0. The Labute approximate surface area is 421 Å². The van der Waals surface area contributed by atoms with Gasteiger partial charge in [-0.1, -0.05) is 89.9 Å². The summed E-state index contributed by atoms with van der Waals surface area (Å²) in [6.45, 7) is -0.433. The molecule has 0 rings (SSSR count). The normalized spacial score (nSPS) is 16.1. The highest BCUT2D eigenvalue weighted by molar-refractivity contribution is 7.45. The molecule has 0 bridgehead atoms. The van der Waals surface area contributed by atoms with Crippen molar-refractivity contribution in [2.75, 3.05) is 60.7 Å². The summed E-state index contributed by atoms with van der Waals surface area (Å²) in [5.74, 6) is -74.0. The standard InChI is InChI=1S/C42H62F26NO6P/c1-69(2,3)24-27-74-76(70,71)75-29-30(73-26-21-17-13-9-5-7-11-15-19-23-32(45,46)34(49,50)36(53,54)38(57,58)40(61,62)42(66,67)68)28-72-25-20-16-12-8-4-6-10-14-18-22-31(43,44)33(47,48)35(51,52)37(55,56)39(59,60)41(63,64)65/h30H,4-29H2,1-3H3. The molecule has 34 heteroatoms. The number of ether oxygens (including phenoxy) is 2. The van der Waals surface area contributed by atoms with Crippen molar-refractivity contribution in [3.8, 4) is 0 Å². The number of alkyl halides is 26. The zero-order chi connectivity index (χ0) is 59.8. The fraction of sp³-hybridized carbons (Fsp3) is 1.00. The maximum Gasteiger partial charge on any atom is 0.460 e. The second kappa shape index (κ2) is 28.7. The molecule has 76 heavy (non-hydrogen) atoms. The Morgan fingerprint density at radius 3 is 0.974 bits per heavy atom.